The van der Waals surface area contributed by atoms with E-state index in [1.165, 1.54) is 41.4 Å². The van der Waals surface area contributed by atoms with Crippen molar-refractivity contribution in [3.8, 4) is 11.5 Å². The van der Waals surface area contributed by atoms with Gasteiger partial charge in [-0.3, -0.25) is 14.9 Å². The lowest BCUT2D eigenvalue weighted by Crippen LogP contribution is -2.22. The predicted molar refractivity (Wildman–Crippen MR) is 95.3 cm³/mol. The van der Waals surface area contributed by atoms with Crippen LogP contribution in [0.25, 0.3) is 0 Å². The van der Waals surface area contributed by atoms with Crippen molar-refractivity contribution in [2.24, 2.45) is 0 Å². The fraction of sp³-hybridized carbons (Fsp3) is 0.294. The van der Waals surface area contributed by atoms with Crippen molar-refractivity contribution in [3.63, 3.8) is 0 Å². The maximum Gasteiger partial charge on any atom is 0.270 e. The highest BCUT2D eigenvalue weighted by Crippen LogP contribution is 2.40. The molecular weight excluding hydrogens is 374 g/mol. The van der Waals surface area contributed by atoms with E-state index in [4.69, 9.17) is 4.74 Å². The first-order valence-electron chi connectivity index (χ1n) is 8.05. The minimum absolute atomic E-state index is 0.0448. The number of benzene rings is 1. The van der Waals surface area contributed by atoms with E-state index in [1.807, 2.05) is 0 Å². The van der Waals surface area contributed by atoms with Crippen LogP contribution in [-0.4, -0.2) is 42.4 Å². The molecule has 142 valence electrons. The summed E-state index contributed by atoms with van der Waals surface area (Å²) in [6.45, 7) is 0. The Balaban J connectivity index is 1.97. The van der Waals surface area contributed by atoms with Crippen LogP contribution in [0.2, 0.25) is 0 Å². The number of sulfone groups is 1. The Morgan fingerprint density at radius 1 is 1.30 bits per heavy atom. The number of amides is 1. The topological polar surface area (TPSA) is 120 Å². The van der Waals surface area contributed by atoms with Crippen molar-refractivity contribution in [2.45, 2.75) is 23.9 Å². The molecule has 10 heteroatoms. The molecule has 1 aliphatic heterocycles. The van der Waals surface area contributed by atoms with Crippen LogP contribution in [0.15, 0.2) is 41.6 Å². The standard InChI is InChI=1S/C17H17N3O6S/c1-19-14(5-8-17(19)21)13-9-11(20(22)23)3-6-15(13)26-12-4-7-16(18-10-12)27(2,24)25/h3-4,6-7,9-10,14H,5,8H2,1-2H3. The van der Waals surface area contributed by atoms with E-state index in [0.29, 0.717) is 24.2 Å². The molecule has 27 heavy (non-hydrogen) atoms. The van der Waals surface area contributed by atoms with Crippen molar-refractivity contribution in [1.82, 2.24) is 9.88 Å². The third-order valence-corrected chi connectivity index (χ3v) is 5.37. The Hall–Kier alpha value is -3.01. The van der Waals surface area contributed by atoms with Gasteiger partial charge in [-0.15, -0.1) is 0 Å². The zero-order valence-corrected chi connectivity index (χ0v) is 15.5. The van der Waals surface area contributed by atoms with Gasteiger partial charge in [0.15, 0.2) is 14.9 Å². The molecule has 2 heterocycles. The smallest absolute Gasteiger partial charge is 0.270 e. The lowest BCUT2D eigenvalue weighted by molar-refractivity contribution is -0.385. The van der Waals surface area contributed by atoms with E-state index < -0.39 is 14.8 Å². The minimum Gasteiger partial charge on any atom is -0.455 e. The molecule has 0 aliphatic carbocycles. The number of aromatic nitrogens is 1. The van der Waals surface area contributed by atoms with Gasteiger partial charge < -0.3 is 9.64 Å². The van der Waals surface area contributed by atoms with Crippen molar-refractivity contribution < 1.29 is 22.9 Å². The molecule has 1 fully saturated rings. The highest BCUT2D eigenvalue weighted by Gasteiger charge is 2.32. The molecule has 0 bridgehead atoms. The summed E-state index contributed by atoms with van der Waals surface area (Å²) in [4.78, 5) is 27.9. The van der Waals surface area contributed by atoms with E-state index in [2.05, 4.69) is 4.98 Å². The molecule has 0 radical (unpaired) electrons. The molecule has 0 N–H and O–H groups in total. The SMILES string of the molecule is CN1C(=O)CCC1c1cc([N+](=O)[O-])ccc1Oc1ccc(S(C)(=O)=O)nc1. The molecule has 1 atom stereocenters. The summed E-state index contributed by atoms with van der Waals surface area (Å²) < 4.78 is 28.8. The van der Waals surface area contributed by atoms with Crippen LogP contribution in [0, 0.1) is 10.1 Å². The molecule has 1 saturated heterocycles. The summed E-state index contributed by atoms with van der Waals surface area (Å²) in [5.74, 6) is 0.585. The first kappa shape index (κ1) is 18.8. The van der Waals surface area contributed by atoms with Gasteiger partial charge in [0.05, 0.1) is 17.2 Å². The van der Waals surface area contributed by atoms with Crippen LogP contribution in [-0.2, 0) is 14.6 Å². The number of nitro benzene ring substituents is 1. The molecular formula is C17H17N3O6S. The lowest BCUT2D eigenvalue weighted by atomic mass is 10.0. The molecule has 0 spiro atoms. The van der Waals surface area contributed by atoms with Crippen molar-refractivity contribution in [3.05, 3.63) is 52.2 Å². The van der Waals surface area contributed by atoms with E-state index in [1.54, 1.807) is 7.05 Å². The number of carbonyl (C=O) groups is 1. The molecule has 2 aromatic rings. The van der Waals surface area contributed by atoms with Gasteiger partial charge >= 0.3 is 0 Å². The molecule has 1 aliphatic rings. The maximum absolute atomic E-state index is 11.9. The first-order valence-corrected chi connectivity index (χ1v) is 9.94. The summed E-state index contributed by atoms with van der Waals surface area (Å²) in [5, 5.41) is 11.0. The molecule has 1 amide bonds. The number of carbonyl (C=O) groups excluding carboxylic acids is 1. The number of ether oxygens (including phenoxy) is 1. The Kier molecular flexibility index (Phi) is 4.83. The van der Waals surface area contributed by atoms with Crippen LogP contribution in [0.1, 0.15) is 24.4 Å². The summed E-state index contributed by atoms with van der Waals surface area (Å²) in [5.41, 5.74) is 0.417. The number of hydrogen-bond acceptors (Lipinski definition) is 7. The minimum atomic E-state index is -3.43. The molecule has 1 unspecified atom stereocenters. The van der Waals surface area contributed by atoms with E-state index in [-0.39, 0.29) is 28.4 Å². The first-order chi connectivity index (χ1) is 12.7. The van der Waals surface area contributed by atoms with Crippen LogP contribution < -0.4 is 4.74 Å². The number of likely N-dealkylation sites (tertiary alicyclic amines) is 1. The number of pyridine rings is 1. The zero-order valence-electron chi connectivity index (χ0n) is 14.7. The highest BCUT2D eigenvalue weighted by atomic mass is 32.2. The second kappa shape index (κ2) is 6.95. The van der Waals surface area contributed by atoms with Gasteiger partial charge in [0.25, 0.3) is 5.69 Å². The van der Waals surface area contributed by atoms with E-state index >= 15 is 0 Å². The fourth-order valence-electron chi connectivity index (χ4n) is 2.94. The molecule has 3 rings (SSSR count). The maximum atomic E-state index is 11.9. The largest absolute Gasteiger partial charge is 0.455 e. The number of hydrogen-bond donors (Lipinski definition) is 0. The van der Waals surface area contributed by atoms with Crippen LogP contribution in [0.5, 0.6) is 11.5 Å². The van der Waals surface area contributed by atoms with Crippen molar-refractivity contribution >= 4 is 21.4 Å². The Labute approximate surface area is 155 Å². The zero-order chi connectivity index (χ0) is 19.8. The lowest BCUT2D eigenvalue weighted by Gasteiger charge is -2.22. The van der Waals surface area contributed by atoms with Crippen molar-refractivity contribution in [1.29, 1.82) is 0 Å². The fourth-order valence-corrected chi connectivity index (χ4v) is 3.50. The Bertz CT molecular complexity index is 1000. The van der Waals surface area contributed by atoms with Gasteiger partial charge in [0, 0.05) is 37.4 Å². The molecule has 9 nitrogen and oxygen atoms in total. The average molecular weight is 391 g/mol. The highest BCUT2D eigenvalue weighted by molar-refractivity contribution is 7.90. The number of non-ortho nitro benzene ring substituents is 1. The summed E-state index contributed by atoms with van der Waals surface area (Å²) in [6, 6.07) is 6.62. The van der Waals surface area contributed by atoms with Gasteiger partial charge in [-0.2, -0.15) is 0 Å². The summed E-state index contributed by atoms with van der Waals surface area (Å²) in [7, 11) is -1.78. The van der Waals surface area contributed by atoms with Gasteiger partial charge in [0.1, 0.15) is 11.5 Å². The normalized spacial score (nSPS) is 17.2. The van der Waals surface area contributed by atoms with Crippen LogP contribution in [0.3, 0.4) is 0 Å². The van der Waals surface area contributed by atoms with Gasteiger partial charge in [-0.25, -0.2) is 13.4 Å². The van der Waals surface area contributed by atoms with Gasteiger partial charge in [-0.05, 0) is 24.6 Å². The van der Waals surface area contributed by atoms with Gasteiger partial charge in [0.2, 0.25) is 5.91 Å². The number of nitro groups is 1. The second-order valence-electron chi connectivity index (χ2n) is 6.24. The number of nitrogens with zero attached hydrogens (tertiary/aromatic N) is 3. The molecule has 1 aromatic heterocycles. The quantitative estimate of drug-likeness (QED) is 0.567. The van der Waals surface area contributed by atoms with E-state index in [0.717, 1.165) is 6.26 Å². The Morgan fingerprint density at radius 3 is 2.56 bits per heavy atom. The monoisotopic (exact) mass is 391 g/mol. The predicted octanol–water partition coefficient (Wildman–Crippen LogP) is 2.48. The number of rotatable bonds is 5. The van der Waals surface area contributed by atoms with Crippen LogP contribution in [0.4, 0.5) is 5.69 Å². The molecule has 1 aromatic carbocycles. The molecule has 0 saturated carbocycles. The third kappa shape index (κ3) is 3.90. The van der Waals surface area contributed by atoms with Crippen molar-refractivity contribution in [2.75, 3.05) is 13.3 Å². The summed E-state index contributed by atoms with van der Waals surface area (Å²) in [6.07, 6.45) is 3.20. The summed E-state index contributed by atoms with van der Waals surface area (Å²) >= 11 is 0. The Morgan fingerprint density at radius 2 is 2.04 bits per heavy atom. The van der Waals surface area contributed by atoms with E-state index in [9.17, 15) is 23.3 Å². The van der Waals surface area contributed by atoms with Crippen LogP contribution >= 0.6 is 0 Å². The van der Waals surface area contributed by atoms with Gasteiger partial charge in [-0.1, -0.05) is 0 Å². The third-order valence-electron chi connectivity index (χ3n) is 4.37. The second-order valence-corrected chi connectivity index (χ2v) is 8.21. The average Bonchev–Trinajstić information content (AvgIpc) is 2.94.